The number of methoxy groups -OCH3 is 1. The molecular weight excluding hydrogens is 428 g/mol. The van der Waals surface area contributed by atoms with Crippen molar-refractivity contribution in [3.63, 3.8) is 0 Å². The van der Waals surface area contributed by atoms with Crippen molar-refractivity contribution in [2.75, 3.05) is 7.11 Å². The number of hydrogen-bond acceptors (Lipinski definition) is 7. The molecule has 166 valence electrons. The fourth-order valence-corrected chi connectivity index (χ4v) is 4.17. The van der Waals surface area contributed by atoms with Crippen LogP contribution in [0.3, 0.4) is 0 Å². The summed E-state index contributed by atoms with van der Waals surface area (Å²) < 4.78 is 16.8. The smallest absolute Gasteiger partial charge is 0.330 e. The summed E-state index contributed by atoms with van der Waals surface area (Å²) >= 11 is 1.10. The van der Waals surface area contributed by atoms with Crippen molar-refractivity contribution in [3.8, 4) is 16.7 Å². The Morgan fingerprint density at radius 2 is 1.97 bits per heavy atom. The van der Waals surface area contributed by atoms with Crippen LogP contribution in [0.1, 0.15) is 47.2 Å². The Morgan fingerprint density at radius 1 is 1.19 bits per heavy atom. The summed E-state index contributed by atoms with van der Waals surface area (Å²) in [4.78, 5) is 28.8. The summed E-state index contributed by atoms with van der Waals surface area (Å²) in [5.41, 5.74) is 1.10. The quantitative estimate of drug-likeness (QED) is 0.547. The Kier molecular flexibility index (Phi) is 6.14. The normalized spacial score (nSPS) is 15.3. The highest BCUT2D eigenvalue weighted by molar-refractivity contribution is 7.15. The highest BCUT2D eigenvalue weighted by Gasteiger charge is 2.31. The van der Waals surface area contributed by atoms with Gasteiger partial charge in [0.15, 0.2) is 0 Å². The second-order valence-corrected chi connectivity index (χ2v) is 8.98. The van der Waals surface area contributed by atoms with Crippen molar-refractivity contribution in [1.29, 1.82) is 0 Å². The average Bonchev–Trinajstić information content (AvgIpc) is 3.27. The van der Waals surface area contributed by atoms with Crippen LogP contribution in [0.25, 0.3) is 0 Å². The van der Waals surface area contributed by atoms with E-state index in [-0.39, 0.29) is 6.10 Å². The first-order valence-electron chi connectivity index (χ1n) is 10.2. The number of amides is 1. The number of carbonyl (C=O) groups is 2. The molecule has 8 heteroatoms. The molecule has 1 aromatic heterocycles. The van der Waals surface area contributed by atoms with Crippen LogP contribution in [0, 0.1) is 0 Å². The predicted octanol–water partition coefficient (Wildman–Crippen LogP) is 4.68. The van der Waals surface area contributed by atoms with Gasteiger partial charge in [0.05, 0.1) is 13.3 Å². The molecule has 0 aliphatic carbocycles. The van der Waals surface area contributed by atoms with Crippen molar-refractivity contribution < 1.29 is 23.8 Å². The van der Waals surface area contributed by atoms with Gasteiger partial charge in [0, 0.05) is 0 Å². The number of hydrogen-bond donors (Lipinski definition) is 1. The number of esters is 1. The first kappa shape index (κ1) is 21.8. The number of aryl methyl sites for hydroxylation is 1. The van der Waals surface area contributed by atoms with Crippen molar-refractivity contribution in [2.24, 2.45) is 0 Å². The van der Waals surface area contributed by atoms with E-state index in [1.54, 1.807) is 13.8 Å². The molecule has 0 radical (unpaired) electrons. The predicted molar refractivity (Wildman–Crippen MR) is 120 cm³/mol. The van der Waals surface area contributed by atoms with Crippen LogP contribution in [-0.4, -0.2) is 29.5 Å². The third-order valence-electron chi connectivity index (χ3n) is 5.18. The lowest BCUT2D eigenvalue weighted by Gasteiger charge is -2.26. The number of fused-ring (bicyclic) bond motifs is 1. The van der Waals surface area contributed by atoms with E-state index in [2.05, 4.69) is 22.4 Å². The number of rotatable bonds is 6. The Hall–Kier alpha value is -3.39. The summed E-state index contributed by atoms with van der Waals surface area (Å²) in [6.07, 6.45) is 3.23. The highest BCUT2D eigenvalue weighted by atomic mass is 32.1. The Labute approximate surface area is 190 Å². The molecule has 7 nitrogen and oxygen atoms in total. The SMILES string of the molecule is COC(=O)C(C)(C)NC(=O)c1cnc(Oc2ccc3c(c2)CC[C@@H](c2ccccc2)O3)s1. The van der Waals surface area contributed by atoms with Crippen LogP contribution in [0.5, 0.6) is 16.7 Å². The topological polar surface area (TPSA) is 86.8 Å². The maximum Gasteiger partial charge on any atom is 0.330 e. The molecule has 0 saturated carbocycles. The van der Waals surface area contributed by atoms with E-state index in [1.807, 2.05) is 36.4 Å². The molecule has 32 heavy (non-hydrogen) atoms. The number of aromatic nitrogens is 1. The molecule has 1 aliphatic rings. The summed E-state index contributed by atoms with van der Waals surface area (Å²) in [6, 6.07) is 15.9. The zero-order valence-electron chi connectivity index (χ0n) is 18.1. The van der Waals surface area contributed by atoms with Crippen molar-refractivity contribution >= 4 is 23.2 Å². The largest absolute Gasteiger partial charge is 0.485 e. The molecule has 0 saturated heterocycles. The number of thiazole rings is 1. The Balaban J connectivity index is 1.41. The molecule has 1 N–H and O–H groups in total. The van der Waals surface area contributed by atoms with E-state index >= 15 is 0 Å². The van der Waals surface area contributed by atoms with Gasteiger partial charge in [-0.15, -0.1) is 0 Å². The number of benzene rings is 2. The van der Waals surface area contributed by atoms with Gasteiger partial charge in [0.25, 0.3) is 11.1 Å². The number of nitrogens with zero attached hydrogens (tertiary/aromatic N) is 1. The van der Waals surface area contributed by atoms with Crippen LogP contribution in [0.15, 0.2) is 54.7 Å². The van der Waals surface area contributed by atoms with Crippen LogP contribution in [0.2, 0.25) is 0 Å². The van der Waals surface area contributed by atoms with Crippen LogP contribution in [0.4, 0.5) is 0 Å². The number of carbonyl (C=O) groups excluding carboxylic acids is 2. The third kappa shape index (κ3) is 4.75. The minimum absolute atomic E-state index is 0.0461. The molecule has 1 atom stereocenters. The first-order chi connectivity index (χ1) is 15.4. The highest BCUT2D eigenvalue weighted by Crippen LogP contribution is 2.38. The molecule has 1 amide bonds. The summed E-state index contributed by atoms with van der Waals surface area (Å²) in [5, 5.41) is 2.98. The van der Waals surface area contributed by atoms with Gasteiger partial charge in [-0.2, -0.15) is 0 Å². The fraction of sp³-hybridized carbons (Fsp3) is 0.292. The lowest BCUT2D eigenvalue weighted by Crippen LogP contribution is -2.50. The Morgan fingerprint density at radius 3 is 2.72 bits per heavy atom. The van der Waals surface area contributed by atoms with Gasteiger partial charge in [0.2, 0.25) is 0 Å². The molecule has 3 aromatic rings. The van der Waals surface area contributed by atoms with Crippen LogP contribution in [-0.2, 0) is 16.0 Å². The maximum absolute atomic E-state index is 12.5. The second-order valence-electron chi connectivity index (χ2n) is 7.99. The van der Waals surface area contributed by atoms with Gasteiger partial charge in [-0.25, -0.2) is 9.78 Å². The average molecular weight is 453 g/mol. The fourth-order valence-electron chi connectivity index (χ4n) is 3.49. The van der Waals surface area contributed by atoms with E-state index in [4.69, 9.17) is 14.2 Å². The van der Waals surface area contributed by atoms with Crippen LogP contribution < -0.4 is 14.8 Å². The zero-order chi connectivity index (χ0) is 22.7. The standard InChI is InChI=1S/C24H24N2O5S/c1-24(2,22(28)29-3)26-21(27)20-14-25-23(32-20)30-17-10-12-19-16(13-17)9-11-18(31-19)15-7-5-4-6-8-15/h4-8,10,12-14,18H,9,11H2,1-3H3,(H,26,27)/t18-/m0/s1. The molecule has 0 spiro atoms. The third-order valence-corrected chi connectivity index (χ3v) is 6.06. The molecule has 2 heterocycles. The van der Waals surface area contributed by atoms with E-state index < -0.39 is 17.4 Å². The number of ether oxygens (including phenoxy) is 3. The first-order valence-corrected chi connectivity index (χ1v) is 11.1. The van der Waals surface area contributed by atoms with Gasteiger partial charge in [-0.05, 0) is 56.0 Å². The van der Waals surface area contributed by atoms with Gasteiger partial charge in [-0.3, -0.25) is 4.79 Å². The monoisotopic (exact) mass is 452 g/mol. The van der Waals surface area contributed by atoms with E-state index in [9.17, 15) is 9.59 Å². The van der Waals surface area contributed by atoms with Crippen molar-refractivity contribution in [2.45, 2.75) is 38.3 Å². The molecule has 0 unspecified atom stereocenters. The maximum atomic E-state index is 12.5. The zero-order valence-corrected chi connectivity index (χ0v) is 18.9. The minimum atomic E-state index is -1.15. The van der Waals surface area contributed by atoms with Gasteiger partial charge in [-0.1, -0.05) is 41.7 Å². The molecule has 0 bridgehead atoms. The summed E-state index contributed by atoms with van der Waals surface area (Å²) in [7, 11) is 1.28. The minimum Gasteiger partial charge on any atom is -0.485 e. The van der Waals surface area contributed by atoms with E-state index in [0.717, 1.165) is 35.5 Å². The molecule has 1 aliphatic heterocycles. The molecule has 4 rings (SSSR count). The van der Waals surface area contributed by atoms with E-state index in [0.29, 0.717) is 15.8 Å². The van der Waals surface area contributed by atoms with Gasteiger partial charge < -0.3 is 19.5 Å². The van der Waals surface area contributed by atoms with Crippen LogP contribution >= 0.6 is 11.3 Å². The molecular formula is C24H24N2O5S. The summed E-state index contributed by atoms with van der Waals surface area (Å²) in [6.45, 7) is 3.15. The van der Waals surface area contributed by atoms with Crippen molar-refractivity contribution in [1.82, 2.24) is 10.3 Å². The molecule has 0 fully saturated rings. The molecule has 2 aromatic carbocycles. The van der Waals surface area contributed by atoms with Crippen molar-refractivity contribution in [3.05, 3.63) is 70.7 Å². The van der Waals surface area contributed by atoms with Gasteiger partial charge in [0.1, 0.15) is 28.0 Å². The van der Waals surface area contributed by atoms with Gasteiger partial charge >= 0.3 is 5.97 Å². The lowest BCUT2D eigenvalue weighted by atomic mass is 9.97. The number of nitrogens with one attached hydrogen (secondary N) is 1. The Bertz CT molecular complexity index is 1130. The lowest BCUT2D eigenvalue weighted by molar-refractivity contribution is -0.146. The second kappa shape index (κ2) is 9.00. The van der Waals surface area contributed by atoms with E-state index in [1.165, 1.54) is 18.9 Å². The summed E-state index contributed by atoms with van der Waals surface area (Å²) in [5.74, 6) is 0.527.